The molecule has 2 aromatic heterocycles. The van der Waals surface area contributed by atoms with E-state index in [1.807, 2.05) is 13.8 Å². The van der Waals surface area contributed by atoms with Gasteiger partial charge in [0.15, 0.2) is 5.76 Å². The fraction of sp³-hybridized carbons (Fsp3) is 0.182. The lowest BCUT2D eigenvalue weighted by molar-refractivity contribution is -0.118. The Morgan fingerprint density at radius 1 is 0.900 bits per heavy atom. The third-order valence-corrected chi connectivity index (χ3v) is 4.31. The molecule has 3 rings (SSSR count). The average Bonchev–Trinajstić information content (AvgIpc) is 3.27. The molecule has 3 aromatic rings. The highest BCUT2D eigenvalue weighted by atomic mass is 16.3. The van der Waals surface area contributed by atoms with Gasteiger partial charge in [0.2, 0.25) is 5.91 Å². The zero-order valence-electron chi connectivity index (χ0n) is 16.6. The highest BCUT2D eigenvalue weighted by molar-refractivity contribution is 6.05. The van der Waals surface area contributed by atoms with E-state index in [1.165, 1.54) is 24.7 Å². The number of amides is 3. The first kappa shape index (κ1) is 20.8. The molecule has 0 spiro atoms. The van der Waals surface area contributed by atoms with Crippen molar-refractivity contribution in [1.29, 1.82) is 0 Å². The lowest BCUT2D eigenvalue weighted by Gasteiger charge is -2.21. The molecule has 0 fully saturated rings. The van der Waals surface area contributed by atoms with Gasteiger partial charge in [-0.1, -0.05) is 19.9 Å². The van der Waals surface area contributed by atoms with E-state index in [9.17, 15) is 14.4 Å². The zero-order chi connectivity index (χ0) is 21.5. The molecule has 1 aromatic carbocycles. The molecule has 0 aliphatic carbocycles. The Hall–Kier alpha value is -3.94. The van der Waals surface area contributed by atoms with Crippen molar-refractivity contribution in [2.24, 2.45) is 5.92 Å². The van der Waals surface area contributed by atoms with E-state index in [0.717, 1.165) is 0 Å². The lowest BCUT2D eigenvalue weighted by atomic mass is 10.0. The summed E-state index contributed by atoms with van der Waals surface area (Å²) in [5.74, 6) is -1.14. The van der Waals surface area contributed by atoms with E-state index in [2.05, 4.69) is 20.9 Å². The van der Waals surface area contributed by atoms with Gasteiger partial charge >= 0.3 is 0 Å². The van der Waals surface area contributed by atoms with E-state index >= 15 is 0 Å². The van der Waals surface area contributed by atoms with Crippen LogP contribution >= 0.6 is 0 Å². The predicted molar refractivity (Wildman–Crippen MR) is 112 cm³/mol. The molecule has 3 N–H and O–H groups in total. The number of hydrogen-bond donors (Lipinski definition) is 3. The number of rotatable bonds is 7. The number of benzene rings is 1. The first-order valence-electron chi connectivity index (χ1n) is 9.40. The van der Waals surface area contributed by atoms with Gasteiger partial charge in [-0.25, -0.2) is 0 Å². The van der Waals surface area contributed by atoms with Gasteiger partial charge in [0, 0.05) is 29.3 Å². The summed E-state index contributed by atoms with van der Waals surface area (Å²) in [7, 11) is 0. The highest BCUT2D eigenvalue weighted by Gasteiger charge is 2.25. The van der Waals surface area contributed by atoms with Crippen LogP contribution in [-0.2, 0) is 4.79 Å². The fourth-order valence-electron chi connectivity index (χ4n) is 2.76. The second kappa shape index (κ2) is 9.51. The van der Waals surface area contributed by atoms with Crippen LogP contribution in [0.2, 0.25) is 0 Å². The van der Waals surface area contributed by atoms with Gasteiger partial charge < -0.3 is 20.4 Å². The molecule has 154 valence electrons. The summed E-state index contributed by atoms with van der Waals surface area (Å²) in [4.78, 5) is 41.2. The molecule has 2 heterocycles. The minimum Gasteiger partial charge on any atom is -0.459 e. The molecule has 8 nitrogen and oxygen atoms in total. The van der Waals surface area contributed by atoms with Crippen LogP contribution in [0.5, 0.6) is 0 Å². The van der Waals surface area contributed by atoms with Crippen molar-refractivity contribution in [3.05, 3.63) is 78.5 Å². The molecule has 8 heteroatoms. The molecule has 0 aliphatic heterocycles. The van der Waals surface area contributed by atoms with Crippen molar-refractivity contribution in [3.63, 3.8) is 0 Å². The number of furan rings is 1. The number of pyridine rings is 1. The maximum absolute atomic E-state index is 12.8. The van der Waals surface area contributed by atoms with Gasteiger partial charge in [0.1, 0.15) is 6.04 Å². The summed E-state index contributed by atoms with van der Waals surface area (Å²) in [5, 5.41) is 8.24. The van der Waals surface area contributed by atoms with Crippen molar-refractivity contribution in [1.82, 2.24) is 10.3 Å². The van der Waals surface area contributed by atoms with Gasteiger partial charge in [-0.2, -0.15) is 0 Å². The summed E-state index contributed by atoms with van der Waals surface area (Å²) in [6.45, 7) is 3.66. The summed E-state index contributed by atoms with van der Waals surface area (Å²) in [6, 6.07) is 12.3. The quantitative estimate of drug-likeness (QED) is 0.557. The third kappa shape index (κ3) is 5.32. The van der Waals surface area contributed by atoms with Crippen molar-refractivity contribution in [2.75, 3.05) is 10.6 Å². The molecule has 1 atom stereocenters. The maximum Gasteiger partial charge on any atom is 0.287 e. The van der Waals surface area contributed by atoms with Crippen LogP contribution in [-0.4, -0.2) is 28.7 Å². The summed E-state index contributed by atoms with van der Waals surface area (Å²) in [5.41, 5.74) is 1.49. The van der Waals surface area contributed by atoms with Gasteiger partial charge in [-0.05, 0) is 48.4 Å². The smallest absolute Gasteiger partial charge is 0.287 e. The number of carbonyl (C=O) groups is 3. The average molecular weight is 406 g/mol. The minimum atomic E-state index is -0.766. The Kier molecular flexibility index (Phi) is 6.59. The van der Waals surface area contributed by atoms with E-state index in [-0.39, 0.29) is 23.5 Å². The molecule has 3 amide bonds. The molecule has 30 heavy (non-hydrogen) atoms. The number of nitrogens with one attached hydrogen (secondary N) is 3. The number of anilines is 2. The van der Waals surface area contributed by atoms with Gasteiger partial charge in [-0.3, -0.25) is 19.4 Å². The SMILES string of the molecule is CC(C)C(NC(=O)c1ccco1)C(=O)Nc1cccc(NC(=O)c2ccncc2)c1. The summed E-state index contributed by atoms with van der Waals surface area (Å²) in [6.07, 6.45) is 4.47. The Labute approximate surface area is 173 Å². The molecule has 0 saturated heterocycles. The van der Waals surface area contributed by atoms with E-state index < -0.39 is 11.9 Å². The Bertz CT molecular complexity index is 1020. The van der Waals surface area contributed by atoms with E-state index in [0.29, 0.717) is 16.9 Å². The van der Waals surface area contributed by atoms with Crippen LogP contribution in [0.25, 0.3) is 0 Å². The van der Waals surface area contributed by atoms with Crippen molar-refractivity contribution in [3.8, 4) is 0 Å². The van der Waals surface area contributed by atoms with Gasteiger partial charge in [-0.15, -0.1) is 0 Å². The molecule has 0 radical (unpaired) electrons. The minimum absolute atomic E-state index is 0.134. The second-order valence-electron chi connectivity index (χ2n) is 6.93. The summed E-state index contributed by atoms with van der Waals surface area (Å²) >= 11 is 0. The van der Waals surface area contributed by atoms with Gasteiger partial charge in [0.05, 0.1) is 6.26 Å². The largest absolute Gasteiger partial charge is 0.459 e. The number of nitrogens with zero attached hydrogens (tertiary/aromatic N) is 1. The van der Waals surface area contributed by atoms with Crippen molar-refractivity contribution < 1.29 is 18.8 Å². The highest BCUT2D eigenvalue weighted by Crippen LogP contribution is 2.17. The van der Waals surface area contributed by atoms with Gasteiger partial charge in [0.25, 0.3) is 11.8 Å². The Morgan fingerprint density at radius 3 is 2.23 bits per heavy atom. The molecule has 0 saturated carbocycles. The summed E-state index contributed by atoms with van der Waals surface area (Å²) < 4.78 is 5.08. The zero-order valence-corrected chi connectivity index (χ0v) is 16.6. The van der Waals surface area contributed by atoms with Crippen molar-refractivity contribution >= 4 is 29.1 Å². The van der Waals surface area contributed by atoms with E-state index in [4.69, 9.17) is 4.42 Å². The maximum atomic E-state index is 12.8. The number of carbonyl (C=O) groups excluding carboxylic acids is 3. The second-order valence-corrected chi connectivity index (χ2v) is 6.93. The molecular weight excluding hydrogens is 384 g/mol. The Balaban J connectivity index is 1.67. The van der Waals surface area contributed by atoms with Crippen LogP contribution in [0.15, 0.2) is 71.6 Å². The lowest BCUT2D eigenvalue weighted by Crippen LogP contribution is -2.47. The predicted octanol–water partition coefficient (Wildman–Crippen LogP) is 3.32. The first-order chi connectivity index (χ1) is 14.4. The van der Waals surface area contributed by atoms with Crippen LogP contribution < -0.4 is 16.0 Å². The van der Waals surface area contributed by atoms with Crippen LogP contribution in [0.1, 0.15) is 34.8 Å². The Morgan fingerprint density at radius 2 is 1.60 bits per heavy atom. The van der Waals surface area contributed by atoms with Crippen molar-refractivity contribution in [2.45, 2.75) is 19.9 Å². The number of aromatic nitrogens is 1. The first-order valence-corrected chi connectivity index (χ1v) is 9.40. The normalized spacial score (nSPS) is 11.6. The monoisotopic (exact) mass is 406 g/mol. The van der Waals surface area contributed by atoms with Crippen LogP contribution in [0.3, 0.4) is 0 Å². The van der Waals surface area contributed by atoms with E-state index in [1.54, 1.807) is 42.5 Å². The fourth-order valence-corrected chi connectivity index (χ4v) is 2.76. The number of hydrogen-bond acceptors (Lipinski definition) is 5. The van der Waals surface area contributed by atoms with Crippen LogP contribution in [0, 0.1) is 5.92 Å². The topological polar surface area (TPSA) is 113 Å². The molecule has 0 aliphatic rings. The molecular formula is C22H22N4O4. The molecule has 1 unspecified atom stereocenters. The third-order valence-electron chi connectivity index (χ3n) is 4.31. The van der Waals surface area contributed by atoms with Crippen LogP contribution in [0.4, 0.5) is 11.4 Å². The standard InChI is InChI=1S/C22H22N4O4/c1-14(2)19(26-21(28)18-7-4-12-30-18)22(29)25-17-6-3-5-16(13-17)24-20(27)15-8-10-23-11-9-15/h3-14,19H,1-2H3,(H,24,27)(H,25,29)(H,26,28). The molecule has 0 bridgehead atoms.